The van der Waals surface area contributed by atoms with E-state index in [1.807, 2.05) is 0 Å². The van der Waals surface area contributed by atoms with E-state index in [-0.39, 0.29) is 4.91 Å². The molecule has 0 rings (SSSR count). The molecule has 0 spiro atoms. The third-order valence-corrected chi connectivity index (χ3v) is 1.71. The van der Waals surface area contributed by atoms with Gasteiger partial charge in [-0.1, -0.05) is 12.7 Å². The van der Waals surface area contributed by atoms with Gasteiger partial charge in [0, 0.05) is 0 Å². The van der Waals surface area contributed by atoms with Crippen LogP contribution in [0.2, 0.25) is 0 Å². The Balaban J connectivity index is 4.61. The Morgan fingerprint density at radius 2 is 2.11 bits per heavy atom. The fourth-order valence-electron chi connectivity index (χ4n) is 0.252. The van der Waals surface area contributed by atoms with Crippen molar-refractivity contribution < 1.29 is 13.0 Å². The Morgan fingerprint density at radius 1 is 1.67 bits per heavy atom. The van der Waals surface area contributed by atoms with E-state index in [1.165, 1.54) is 19.1 Å². The molecular formula is C5H8O3S. The van der Waals surface area contributed by atoms with Crippen LogP contribution in [0.25, 0.3) is 0 Å². The van der Waals surface area contributed by atoms with Crippen LogP contribution in [0.1, 0.15) is 6.92 Å². The molecule has 0 aromatic heterocycles. The van der Waals surface area contributed by atoms with Gasteiger partial charge in [0.05, 0.1) is 4.91 Å². The second-order valence-corrected chi connectivity index (χ2v) is 3.08. The highest BCUT2D eigenvalue weighted by molar-refractivity contribution is 7.89. The standard InChI is InChI=1S/C5H8O3S/c1-3-4-5(2)9(6,7)8/h3-4H,1H2,2H3,(H,6,7,8)/b5-4-. The summed E-state index contributed by atoms with van der Waals surface area (Å²) >= 11 is 0. The first kappa shape index (κ1) is 8.39. The van der Waals surface area contributed by atoms with E-state index in [0.29, 0.717) is 0 Å². The zero-order chi connectivity index (χ0) is 7.49. The molecule has 0 saturated heterocycles. The van der Waals surface area contributed by atoms with Crippen molar-refractivity contribution in [2.24, 2.45) is 0 Å². The van der Waals surface area contributed by atoms with Gasteiger partial charge < -0.3 is 0 Å². The molecule has 0 atom stereocenters. The zero-order valence-corrected chi connectivity index (χ0v) is 5.85. The highest BCUT2D eigenvalue weighted by Gasteiger charge is 2.04. The molecule has 0 aromatic rings. The van der Waals surface area contributed by atoms with Crippen LogP contribution in [-0.2, 0) is 10.1 Å². The minimum absolute atomic E-state index is 0.0995. The lowest BCUT2D eigenvalue weighted by atomic mass is 10.5. The Morgan fingerprint density at radius 3 is 2.22 bits per heavy atom. The van der Waals surface area contributed by atoms with Gasteiger partial charge in [-0.3, -0.25) is 4.55 Å². The Kier molecular flexibility index (Phi) is 2.61. The molecule has 0 aliphatic rings. The Hall–Kier alpha value is -0.610. The fraction of sp³-hybridized carbons (Fsp3) is 0.200. The Labute approximate surface area is 54.4 Å². The van der Waals surface area contributed by atoms with Gasteiger partial charge in [0.25, 0.3) is 10.1 Å². The molecule has 0 saturated carbocycles. The van der Waals surface area contributed by atoms with Crippen molar-refractivity contribution in [2.45, 2.75) is 6.92 Å². The second-order valence-electron chi connectivity index (χ2n) is 1.49. The lowest BCUT2D eigenvalue weighted by Crippen LogP contribution is -1.96. The van der Waals surface area contributed by atoms with Gasteiger partial charge in [-0.15, -0.1) is 0 Å². The van der Waals surface area contributed by atoms with E-state index < -0.39 is 10.1 Å². The normalized spacial score (nSPS) is 13.3. The SMILES string of the molecule is C=C/C=C(/C)S(=O)(=O)O. The van der Waals surface area contributed by atoms with E-state index in [0.717, 1.165) is 0 Å². The molecule has 0 unspecified atom stereocenters. The number of rotatable bonds is 2. The van der Waals surface area contributed by atoms with E-state index in [2.05, 4.69) is 6.58 Å². The summed E-state index contributed by atoms with van der Waals surface area (Å²) in [5.41, 5.74) is 0. The van der Waals surface area contributed by atoms with E-state index >= 15 is 0 Å². The molecule has 4 heteroatoms. The summed E-state index contributed by atoms with van der Waals surface area (Å²) in [6.45, 7) is 4.55. The summed E-state index contributed by atoms with van der Waals surface area (Å²) in [7, 11) is -3.98. The van der Waals surface area contributed by atoms with Crippen LogP contribution in [0, 0.1) is 0 Å². The summed E-state index contributed by atoms with van der Waals surface area (Å²) < 4.78 is 28.6. The Bertz CT molecular complexity index is 223. The summed E-state index contributed by atoms with van der Waals surface area (Å²) in [5.74, 6) is 0. The van der Waals surface area contributed by atoms with Crippen molar-refractivity contribution in [1.29, 1.82) is 0 Å². The van der Waals surface area contributed by atoms with Crippen molar-refractivity contribution in [1.82, 2.24) is 0 Å². The average molecular weight is 148 g/mol. The molecule has 0 aromatic carbocycles. The highest BCUT2D eigenvalue weighted by atomic mass is 32.2. The predicted octanol–water partition coefficient (Wildman–Crippen LogP) is 0.964. The second kappa shape index (κ2) is 2.80. The lowest BCUT2D eigenvalue weighted by molar-refractivity contribution is 0.491. The summed E-state index contributed by atoms with van der Waals surface area (Å²) in [5, 5.41) is 0. The van der Waals surface area contributed by atoms with Crippen molar-refractivity contribution in [3.05, 3.63) is 23.6 Å². The first-order valence-electron chi connectivity index (χ1n) is 2.25. The first-order chi connectivity index (χ1) is 3.98. The summed E-state index contributed by atoms with van der Waals surface area (Å²) in [6.07, 6.45) is 2.51. The topological polar surface area (TPSA) is 54.4 Å². The molecule has 52 valence electrons. The number of hydrogen-bond acceptors (Lipinski definition) is 2. The fourth-order valence-corrected chi connectivity index (χ4v) is 0.520. The molecule has 1 N–H and O–H groups in total. The monoisotopic (exact) mass is 148 g/mol. The average Bonchev–Trinajstić information content (AvgIpc) is 1.64. The quantitative estimate of drug-likeness (QED) is 0.469. The van der Waals surface area contributed by atoms with Gasteiger partial charge in [0.15, 0.2) is 0 Å². The maximum atomic E-state index is 10.2. The van der Waals surface area contributed by atoms with Crippen molar-refractivity contribution in [3.8, 4) is 0 Å². The highest BCUT2D eigenvalue weighted by Crippen LogP contribution is 2.00. The van der Waals surface area contributed by atoms with E-state index in [1.54, 1.807) is 0 Å². The molecule has 0 heterocycles. The zero-order valence-electron chi connectivity index (χ0n) is 5.03. The molecule has 0 aliphatic heterocycles. The largest absolute Gasteiger partial charge is 0.290 e. The minimum Gasteiger partial charge on any atom is -0.282 e. The maximum Gasteiger partial charge on any atom is 0.290 e. The lowest BCUT2D eigenvalue weighted by Gasteiger charge is -1.90. The smallest absolute Gasteiger partial charge is 0.282 e. The summed E-state index contributed by atoms with van der Waals surface area (Å²) in [6, 6.07) is 0. The summed E-state index contributed by atoms with van der Waals surface area (Å²) in [4.78, 5) is -0.0995. The first-order valence-corrected chi connectivity index (χ1v) is 3.69. The third kappa shape index (κ3) is 3.05. The van der Waals surface area contributed by atoms with Crippen molar-refractivity contribution >= 4 is 10.1 Å². The number of allylic oxidation sites excluding steroid dienone is 3. The van der Waals surface area contributed by atoms with Crippen LogP contribution in [0.4, 0.5) is 0 Å². The molecular weight excluding hydrogens is 140 g/mol. The minimum atomic E-state index is -3.98. The van der Waals surface area contributed by atoms with Gasteiger partial charge in [-0.05, 0) is 13.0 Å². The predicted molar refractivity (Wildman–Crippen MR) is 35.5 cm³/mol. The van der Waals surface area contributed by atoms with Gasteiger partial charge in [-0.2, -0.15) is 8.42 Å². The molecule has 0 aliphatic carbocycles. The van der Waals surface area contributed by atoms with E-state index in [9.17, 15) is 8.42 Å². The molecule has 9 heavy (non-hydrogen) atoms. The van der Waals surface area contributed by atoms with Gasteiger partial charge in [0.2, 0.25) is 0 Å². The maximum absolute atomic E-state index is 10.2. The van der Waals surface area contributed by atoms with Crippen molar-refractivity contribution in [3.63, 3.8) is 0 Å². The van der Waals surface area contributed by atoms with Gasteiger partial charge in [-0.25, -0.2) is 0 Å². The van der Waals surface area contributed by atoms with Gasteiger partial charge in [0.1, 0.15) is 0 Å². The third-order valence-electron chi connectivity index (χ3n) is 0.759. The molecule has 3 nitrogen and oxygen atoms in total. The number of hydrogen-bond donors (Lipinski definition) is 1. The van der Waals surface area contributed by atoms with Crippen LogP contribution < -0.4 is 0 Å². The molecule has 0 radical (unpaired) electrons. The van der Waals surface area contributed by atoms with Crippen LogP contribution >= 0.6 is 0 Å². The van der Waals surface area contributed by atoms with Crippen molar-refractivity contribution in [2.75, 3.05) is 0 Å². The van der Waals surface area contributed by atoms with Gasteiger partial charge >= 0.3 is 0 Å². The molecule has 0 bridgehead atoms. The molecule has 0 amide bonds. The van der Waals surface area contributed by atoms with Crippen LogP contribution in [-0.4, -0.2) is 13.0 Å². The van der Waals surface area contributed by atoms with Crippen LogP contribution in [0.3, 0.4) is 0 Å². The van der Waals surface area contributed by atoms with Crippen LogP contribution in [0.15, 0.2) is 23.6 Å². The van der Waals surface area contributed by atoms with Crippen LogP contribution in [0.5, 0.6) is 0 Å². The van der Waals surface area contributed by atoms with E-state index in [4.69, 9.17) is 4.55 Å². The molecule has 0 fully saturated rings.